The lowest BCUT2D eigenvalue weighted by molar-refractivity contribution is 0.0950. The van der Waals surface area contributed by atoms with Crippen LogP contribution in [0.15, 0.2) is 48.5 Å². The number of amides is 1. The lowest BCUT2D eigenvalue weighted by atomic mass is 10.1. The molecule has 1 aromatic heterocycles. The highest BCUT2D eigenvalue weighted by Crippen LogP contribution is 2.15. The van der Waals surface area contributed by atoms with Crippen molar-refractivity contribution in [1.82, 2.24) is 15.1 Å². The number of hydrogen-bond donors (Lipinski definition) is 1. The lowest BCUT2D eigenvalue weighted by Gasteiger charge is -2.09. The summed E-state index contributed by atoms with van der Waals surface area (Å²) in [5.74, 6) is -0.0530. The van der Waals surface area contributed by atoms with E-state index in [0.717, 1.165) is 29.1 Å². The Kier molecular flexibility index (Phi) is 5.21. The van der Waals surface area contributed by atoms with Crippen molar-refractivity contribution in [3.8, 4) is 0 Å². The van der Waals surface area contributed by atoms with Gasteiger partial charge in [0.15, 0.2) is 0 Å². The van der Waals surface area contributed by atoms with Crippen LogP contribution in [0.2, 0.25) is 0 Å². The van der Waals surface area contributed by atoms with E-state index >= 15 is 0 Å². The summed E-state index contributed by atoms with van der Waals surface area (Å²) < 4.78 is 2.00. The minimum absolute atomic E-state index is 0.0530. The molecule has 0 radical (unpaired) electrons. The summed E-state index contributed by atoms with van der Waals surface area (Å²) in [5, 5.41) is 7.68. The Morgan fingerprint density at radius 3 is 2.42 bits per heavy atom. The maximum absolute atomic E-state index is 12.5. The number of nitrogens with zero attached hydrogens (tertiary/aromatic N) is 2. The largest absolute Gasteiger partial charge is 0.348 e. The maximum Gasteiger partial charge on any atom is 0.251 e. The molecule has 0 saturated heterocycles. The van der Waals surface area contributed by atoms with E-state index in [4.69, 9.17) is 0 Å². The summed E-state index contributed by atoms with van der Waals surface area (Å²) in [6.45, 7) is 9.34. The first-order valence-corrected chi connectivity index (χ1v) is 8.88. The number of aryl methyl sites for hydroxylation is 3. The average molecular weight is 347 g/mol. The highest BCUT2D eigenvalue weighted by Gasteiger charge is 2.14. The minimum Gasteiger partial charge on any atom is -0.348 e. The van der Waals surface area contributed by atoms with Crippen LogP contribution in [0.25, 0.3) is 0 Å². The van der Waals surface area contributed by atoms with Gasteiger partial charge in [-0.2, -0.15) is 5.10 Å². The molecule has 0 aliphatic carbocycles. The van der Waals surface area contributed by atoms with Crippen LogP contribution in [0.1, 0.15) is 44.0 Å². The Labute approximate surface area is 154 Å². The first-order chi connectivity index (χ1) is 12.5. The van der Waals surface area contributed by atoms with Crippen molar-refractivity contribution in [1.29, 1.82) is 0 Å². The number of nitrogens with one attached hydrogen (secondary N) is 1. The van der Waals surface area contributed by atoms with Crippen molar-refractivity contribution in [2.24, 2.45) is 0 Å². The minimum atomic E-state index is -0.0530. The number of aromatic nitrogens is 2. The van der Waals surface area contributed by atoms with Gasteiger partial charge in [-0.3, -0.25) is 9.48 Å². The molecule has 26 heavy (non-hydrogen) atoms. The molecule has 4 nitrogen and oxygen atoms in total. The zero-order valence-corrected chi connectivity index (χ0v) is 15.8. The Balaban J connectivity index is 1.72. The van der Waals surface area contributed by atoms with Crippen LogP contribution in [0.3, 0.4) is 0 Å². The van der Waals surface area contributed by atoms with Gasteiger partial charge >= 0.3 is 0 Å². The fraction of sp³-hybridized carbons (Fsp3) is 0.273. The van der Waals surface area contributed by atoms with E-state index in [1.807, 2.05) is 61.9 Å². The number of carbonyl (C=O) groups excluding carboxylic acids is 1. The van der Waals surface area contributed by atoms with Crippen molar-refractivity contribution in [3.05, 3.63) is 87.7 Å². The summed E-state index contributed by atoms with van der Waals surface area (Å²) in [7, 11) is 0. The molecule has 0 aliphatic rings. The monoisotopic (exact) mass is 347 g/mol. The molecule has 0 bridgehead atoms. The third-order valence-corrected chi connectivity index (χ3v) is 4.90. The number of hydrogen-bond acceptors (Lipinski definition) is 2. The van der Waals surface area contributed by atoms with Gasteiger partial charge < -0.3 is 5.32 Å². The zero-order chi connectivity index (χ0) is 18.7. The summed E-state index contributed by atoms with van der Waals surface area (Å²) >= 11 is 0. The second-order valence-electron chi connectivity index (χ2n) is 6.77. The average Bonchev–Trinajstić information content (AvgIpc) is 2.89. The lowest BCUT2D eigenvalue weighted by Crippen LogP contribution is -2.23. The highest BCUT2D eigenvalue weighted by molar-refractivity contribution is 5.94. The second kappa shape index (κ2) is 7.56. The molecule has 4 heteroatoms. The van der Waals surface area contributed by atoms with E-state index in [2.05, 4.69) is 29.5 Å². The predicted molar refractivity (Wildman–Crippen MR) is 104 cm³/mol. The molecule has 134 valence electrons. The molecule has 1 amide bonds. The molecular weight excluding hydrogens is 322 g/mol. The van der Waals surface area contributed by atoms with Crippen LogP contribution >= 0.6 is 0 Å². The second-order valence-corrected chi connectivity index (χ2v) is 6.77. The Bertz CT molecular complexity index is 926. The van der Waals surface area contributed by atoms with Gasteiger partial charge in [0.2, 0.25) is 0 Å². The SMILES string of the molecule is Cc1ccc(C(=O)NCc2c(C)nn(Cc3ccccc3)c2C)cc1C. The van der Waals surface area contributed by atoms with Crippen LogP contribution < -0.4 is 5.32 Å². The molecule has 0 unspecified atom stereocenters. The quantitative estimate of drug-likeness (QED) is 0.755. The fourth-order valence-electron chi connectivity index (χ4n) is 3.05. The van der Waals surface area contributed by atoms with Gasteiger partial charge in [0.05, 0.1) is 12.2 Å². The van der Waals surface area contributed by atoms with Gasteiger partial charge in [-0.1, -0.05) is 36.4 Å². The first kappa shape index (κ1) is 17.9. The van der Waals surface area contributed by atoms with Crippen molar-refractivity contribution in [2.45, 2.75) is 40.8 Å². The van der Waals surface area contributed by atoms with Gasteiger partial charge in [0, 0.05) is 23.4 Å². The van der Waals surface area contributed by atoms with Gasteiger partial charge in [-0.05, 0) is 56.5 Å². The molecule has 3 rings (SSSR count). The van der Waals surface area contributed by atoms with Gasteiger partial charge in [0.1, 0.15) is 0 Å². The molecular formula is C22H25N3O. The molecule has 0 atom stereocenters. The molecule has 3 aromatic rings. The van der Waals surface area contributed by atoms with Crippen LogP contribution in [-0.4, -0.2) is 15.7 Å². The molecule has 0 fully saturated rings. The van der Waals surface area contributed by atoms with Crippen molar-refractivity contribution in [2.75, 3.05) is 0 Å². The van der Waals surface area contributed by atoms with Crippen molar-refractivity contribution in [3.63, 3.8) is 0 Å². The van der Waals surface area contributed by atoms with Crippen LogP contribution in [-0.2, 0) is 13.1 Å². The molecule has 1 heterocycles. The van der Waals surface area contributed by atoms with Gasteiger partial charge in [0.25, 0.3) is 5.91 Å². The standard InChI is InChI=1S/C22H25N3O/c1-15-10-11-20(12-16(15)2)22(26)23-13-21-17(3)24-25(18(21)4)14-19-8-6-5-7-9-19/h5-12H,13-14H2,1-4H3,(H,23,26). The van der Waals surface area contributed by atoms with Gasteiger partial charge in [-0.25, -0.2) is 0 Å². The predicted octanol–water partition coefficient (Wildman–Crippen LogP) is 4.10. The molecule has 0 aliphatic heterocycles. The van der Waals surface area contributed by atoms with Gasteiger partial charge in [-0.15, -0.1) is 0 Å². The Morgan fingerprint density at radius 2 is 1.73 bits per heavy atom. The highest BCUT2D eigenvalue weighted by atomic mass is 16.1. The summed E-state index contributed by atoms with van der Waals surface area (Å²) in [4.78, 5) is 12.5. The molecule has 0 spiro atoms. The van der Waals surface area contributed by atoms with E-state index in [0.29, 0.717) is 12.1 Å². The van der Waals surface area contributed by atoms with E-state index in [9.17, 15) is 4.79 Å². The van der Waals surface area contributed by atoms with Crippen molar-refractivity contribution >= 4 is 5.91 Å². The number of carbonyl (C=O) groups is 1. The van der Waals surface area contributed by atoms with E-state index in [-0.39, 0.29) is 5.91 Å². The topological polar surface area (TPSA) is 46.9 Å². The summed E-state index contributed by atoms with van der Waals surface area (Å²) in [6.07, 6.45) is 0. The summed E-state index contributed by atoms with van der Waals surface area (Å²) in [6, 6.07) is 16.1. The van der Waals surface area contributed by atoms with E-state index < -0.39 is 0 Å². The Hall–Kier alpha value is -2.88. The van der Waals surface area contributed by atoms with Crippen LogP contribution in [0, 0.1) is 27.7 Å². The normalized spacial score (nSPS) is 10.8. The van der Waals surface area contributed by atoms with Crippen LogP contribution in [0.4, 0.5) is 0 Å². The third kappa shape index (κ3) is 3.85. The van der Waals surface area contributed by atoms with E-state index in [1.54, 1.807) is 0 Å². The Morgan fingerprint density at radius 1 is 1.00 bits per heavy atom. The first-order valence-electron chi connectivity index (χ1n) is 8.88. The molecule has 2 aromatic carbocycles. The fourth-order valence-corrected chi connectivity index (χ4v) is 3.05. The third-order valence-electron chi connectivity index (χ3n) is 4.90. The van der Waals surface area contributed by atoms with E-state index in [1.165, 1.54) is 11.1 Å². The molecule has 1 N–H and O–H groups in total. The van der Waals surface area contributed by atoms with Crippen molar-refractivity contribution < 1.29 is 4.79 Å². The maximum atomic E-state index is 12.5. The number of rotatable bonds is 5. The zero-order valence-electron chi connectivity index (χ0n) is 15.8. The smallest absolute Gasteiger partial charge is 0.251 e. The number of benzene rings is 2. The van der Waals surface area contributed by atoms with Crippen LogP contribution in [0.5, 0.6) is 0 Å². The molecule has 0 saturated carbocycles. The summed E-state index contributed by atoms with van der Waals surface area (Å²) in [5.41, 5.74) is 7.35.